The van der Waals surface area contributed by atoms with Gasteiger partial charge in [-0.25, -0.2) is 4.79 Å². The Hall–Kier alpha value is -2.35. The number of nitrogens with zero attached hydrogens (tertiary/aromatic N) is 2. The number of rotatable bonds is 4. The third-order valence-corrected chi connectivity index (χ3v) is 2.66. The van der Waals surface area contributed by atoms with Crippen molar-refractivity contribution in [2.45, 2.75) is 19.4 Å². The fraction of sp³-hybridized carbons (Fsp3) is 0.250. The van der Waals surface area contributed by atoms with Crippen molar-refractivity contribution < 1.29 is 14.7 Å². The van der Waals surface area contributed by atoms with Gasteiger partial charge < -0.3 is 5.11 Å². The van der Waals surface area contributed by atoms with E-state index in [1.54, 1.807) is 36.5 Å². The van der Waals surface area contributed by atoms with Crippen LogP contribution < -0.4 is 4.90 Å². The molecule has 0 saturated heterocycles. The zero-order valence-corrected chi connectivity index (χ0v) is 9.54. The summed E-state index contributed by atoms with van der Waals surface area (Å²) in [7, 11) is 0. The summed E-state index contributed by atoms with van der Waals surface area (Å²) in [5, 5.41) is 18.2. The molecule has 88 valence electrons. The van der Waals surface area contributed by atoms with Crippen LogP contribution in [0.4, 0.5) is 5.69 Å². The molecule has 0 unspecified atom stereocenters. The number of hydrogen-bond acceptors (Lipinski definition) is 4. The van der Waals surface area contributed by atoms with E-state index in [1.165, 1.54) is 6.92 Å². The third kappa shape index (κ3) is 2.11. The van der Waals surface area contributed by atoms with Gasteiger partial charge in [-0.1, -0.05) is 18.2 Å². The van der Waals surface area contributed by atoms with E-state index in [0.29, 0.717) is 5.69 Å². The van der Waals surface area contributed by atoms with Gasteiger partial charge in [0, 0.05) is 0 Å². The maximum Gasteiger partial charge on any atom is 0.338 e. The Labute approximate surface area is 98.9 Å². The zero-order valence-electron chi connectivity index (χ0n) is 9.54. The van der Waals surface area contributed by atoms with Crippen molar-refractivity contribution in [1.29, 1.82) is 5.26 Å². The fourth-order valence-electron chi connectivity index (χ4n) is 1.40. The van der Waals surface area contributed by atoms with Crippen molar-refractivity contribution in [1.82, 2.24) is 0 Å². The minimum absolute atomic E-state index is 0.370. The van der Waals surface area contributed by atoms with Crippen molar-refractivity contribution in [3.05, 3.63) is 30.3 Å². The van der Waals surface area contributed by atoms with E-state index in [2.05, 4.69) is 0 Å². The Kier molecular flexibility index (Phi) is 3.49. The smallest absolute Gasteiger partial charge is 0.338 e. The number of carboxylic acid groups (broad SMARTS) is 1. The lowest BCUT2D eigenvalue weighted by atomic mass is 9.95. The van der Waals surface area contributed by atoms with Crippen molar-refractivity contribution in [3.63, 3.8) is 0 Å². The molecule has 0 aliphatic heterocycles. The summed E-state index contributed by atoms with van der Waals surface area (Å²) < 4.78 is 0. The van der Waals surface area contributed by atoms with Crippen LogP contribution in [0, 0.1) is 11.5 Å². The first-order valence-electron chi connectivity index (χ1n) is 4.94. The number of aliphatic carboxylic acids is 1. The lowest BCUT2D eigenvalue weighted by Gasteiger charge is -2.31. The Balaban J connectivity index is 3.32. The van der Waals surface area contributed by atoms with Crippen LogP contribution >= 0.6 is 0 Å². The van der Waals surface area contributed by atoms with Crippen LogP contribution in [0.5, 0.6) is 0 Å². The molecule has 0 bridgehead atoms. The second kappa shape index (κ2) is 4.66. The lowest BCUT2D eigenvalue weighted by Crippen LogP contribution is -2.55. The van der Waals surface area contributed by atoms with Gasteiger partial charge in [0.15, 0.2) is 12.0 Å². The molecular formula is C12H12N2O3. The van der Waals surface area contributed by atoms with E-state index in [0.717, 1.165) is 11.8 Å². The minimum atomic E-state index is -1.88. The number of benzene rings is 1. The average molecular weight is 232 g/mol. The summed E-state index contributed by atoms with van der Waals surface area (Å²) in [6.45, 7) is 2.37. The number of nitriles is 1. The maximum absolute atomic E-state index is 11.5. The van der Waals surface area contributed by atoms with E-state index in [9.17, 15) is 9.59 Å². The summed E-state index contributed by atoms with van der Waals surface area (Å²) in [5.74, 6) is -1.95. The van der Waals surface area contributed by atoms with Gasteiger partial charge in [0.05, 0.1) is 5.69 Å². The molecule has 1 aromatic carbocycles. The molecule has 0 radical (unpaired) electrons. The second-order valence-electron chi connectivity index (χ2n) is 3.70. The number of ketones is 1. The Bertz CT molecular complexity index is 462. The number of carboxylic acids is 1. The largest absolute Gasteiger partial charge is 0.479 e. The molecule has 0 fully saturated rings. The van der Waals surface area contributed by atoms with Crippen LogP contribution in [0.15, 0.2) is 30.3 Å². The number of anilines is 1. The van der Waals surface area contributed by atoms with Crippen LogP contribution in [0.1, 0.15) is 13.8 Å². The van der Waals surface area contributed by atoms with Crippen molar-refractivity contribution in [2.75, 3.05) is 4.90 Å². The predicted octanol–water partition coefficient (Wildman–Crippen LogP) is 1.41. The van der Waals surface area contributed by atoms with E-state index in [1.807, 2.05) is 0 Å². The molecular weight excluding hydrogens is 220 g/mol. The van der Waals surface area contributed by atoms with Crippen LogP contribution in [0.2, 0.25) is 0 Å². The first kappa shape index (κ1) is 12.7. The standard InChI is InChI=1S/C12H12N2O3/c1-9(15)12(2,11(16)17)14(8-13)10-6-4-3-5-7-10/h3-7H,1-2H3,(H,16,17)/t12-/m1/s1. The second-order valence-corrected chi connectivity index (χ2v) is 3.70. The zero-order chi connectivity index (χ0) is 13.1. The van der Waals surface area contributed by atoms with E-state index < -0.39 is 17.3 Å². The van der Waals surface area contributed by atoms with Crippen LogP contribution in [-0.2, 0) is 9.59 Å². The fourth-order valence-corrected chi connectivity index (χ4v) is 1.40. The van der Waals surface area contributed by atoms with Gasteiger partial charge in [-0.2, -0.15) is 5.26 Å². The first-order valence-corrected chi connectivity index (χ1v) is 4.94. The number of hydrogen-bond donors (Lipinski definition) is 1. The Morgan fingerprint density at radius 1 is 1.35 bits per heavy atom. The van der Waals surface area contributed by atoms with Gasteiger partial charge in [0.2, 0.25) is 5.54 Å². The molecule has 5 nitrogen and oxygen atoms in total. The third-order valence-electron chi connectivity index (χ3n) is 2.66. The molecule has 0 amide bonds. The summed E-state index contributed by atoms with van der Waals surface area (Å²) in [4.78, 5) is 23.6. The van der Waals surface area contributed by atoms with Gasteiger partial charge in [0.1, 0.15) is 0 Å². The average Bonchev–Trinajstić information content (AvgIpc) is 2.30. The van der Waals surface area contributed by atoms with Crippen LogP contribution in [-0.4, -0.2) is 22.4 Å². The lowest BCUT2D eigenvalue weighted by molar-refractivity contribution is -0.146. The molecule has 0 saturated carbocycles. The molecule has 0 aliphatic rings. The number of carbonyl (C=O) groups is 2. The van der Waals surface area contributed by atoms with E-state index in [4.69, 9.17) is 10.4 Å². The van der Waals surface area contributed by atoms with Crippen LogP contribution in [0.25, 0.3) is 0 Å². The molecule has 1 rings (SSSR count). The monoisotopic (exact) mass is 232 g/mol. The quantitative estimate of drug-likeness (QED) is 0.482. The molecule has 1 aromatic rings. The highest BCUT2D eigenvalue weighted by atomic mass is 16.4. The Morgan fingerprint density at radius 2 is 1.88 bits per heavy atom. The normalized spacial score (nSPS) is 13.2. The first-order chi connectivity index (χ1) is 7.94. The van der Waals surface area contributed by atoms with Gasteiger partial charge in [-0.15, -0.1) is 0 Å². The Morgan fingerprint density at radius 3 is 2.24 bits per heavy atom. The highest BCUT2D eigenvalue weighted by Gasteiger charge is 2.45. The summed E-state index contributed by atoms with van der Waals surface area (Å²) in [6, 6.07) is 8.23. The van der Waals surface area contributed by atoms with Crippen molar-refractivity contribution in [2.24, 2.45) is 0 Å². The summed E-state index contributed by atoms with van der Waals surface area (Å²) in [6.07, 6.45) is 1.75. The maximum atomic E-state index is 11.5. The van der Waals surface area contributed by atoms with Gasteiger partial charge in [0.25, 0.3) is 0 Å². The molecule has 0 spiro atoms. The number of Topliss-reactive ketones (excluding diaryl/α,β-unsaturated/α-hetero) is 1. The molecule has 5 heteroatoms. The van der Waals surface area contributed by atoms with Gasteiger partial charge in [-0.3, -0.25) is 9.69 Å². The van der Waals surface area contributed by atoms with Crippen molar-refractivity contribution >= 4 is 17.4 Å². The number of para-hydroxylation sites is 1. The van der Waals surface area contributed by atoms with Gasteiger partial charge >= 0.3 is 5.97 Å². The molecule has 17 heavy (non-hydrogen) atoms. The SMILES string of the molecule is CC(=O)[C@](C)(C(=O)O)N(C#N)c1ccccc1. The highest BCUT2D eigenvalue weighted by Crippen LogP contribution is 2.24. The number of carbonyl (C=O) groups excluding carboxylic acids is 1. The highest BCUT2D eigenvalue weighted by molar-refractivity contribution is 6.10. The minimum Gasteiger partial charge on any atom is -0.479 e. The predicted molar refractivity (Wildman–Crippen MR) is 61.3 cm³/mol. The van der Waals surface area contributed by atoms with Crippen LogP contribution in [0.3, 0.4) is 0 Å². The topological polar surface area (TPSA) is 81.4 Å². The van der Waals surface area contributed by atoms with E-state index >= 15 is 0 Å². The molecule has 1 atom stereocenters. The van der Waals surface area contributed by atoms with E-state index in [-0.39, 0.29) is 0 Å². The van der Waals surface area contributed by atoms with Crippen molar-refractivity contribution in [3.8, 4) is 6.19 Å². The molecule has 0 aliphatic carbocycles. The molecule has 0 aromatic heterocycles. The molecule has 0 heterocycles. The summed E-state index contributed by atoms with van der Waals surface area (Å²) >= 11 is 0. The molecule has 1 N–H and O–H groups in total. The summed E-state index contributed by atoms with van der Waals surface area (Å²) in [5.41, 5.74) is -1.51. The van der Waals surface area contributed by atoms with Gasteiger partial charge in [-0.05, 0) is 26.0 Å².